The SMILES string of the molecule is COC(=O)CCCNC(=O)c1cc2c(C)nn(Cc3c(Cl)cccc3Cl)c2s1. The molecular formula is C19H19Cl2N3O3S. The number of methoxy groups -OCH3 is 1. The third-order valence-corrected chi connectivity index (χ3v) is 6.13. The first-order chi connectivity index (χ1) is 13.4. The van der Waals surface area contributed by atoms with Crippen molar-refractivity contribution in [1.82, 2.24) is 15.1 Å². The standard InChI is InChI=1S/C19H19Cl2N3O3S/c1-11-12-9-16(18(26)22-8-4-7-17(25)27-2)28-19(12)24(23-11)10-13-14(20)5-3-6-15(13)21/h3,5-6,9H,4,7-8,10H2,1-2H3,(H,22,26). The lowest BCUT2D eigenvalue weighted by atomic mass is 10.2. The van der Waals surface area contributed by atoms with Gasteiger partial charge in [0.15, 0.2) is 0 Å². The van der Waals surface area contributed by atoms with E-state index in [9.17, 15) is 9.59 Å². The van der Waals surface area contributed by atoms with E-state index in [1.165, 1.54) is 18.4 Å². The van der Waals surface area contributed by atoms with E-state index in [1.54, 1.807) is 18.2 Å². The molecule has 0 radical (unpaired) electrons. The van der Waals surface area contributed by atoms with E-state index in [0.717, 1.165) is 21.5 Å². The Bertz CT molecular complexity index is 1010. The van der Waals surface area contributed by atoms with Crippen molar-refractivity contribution in [3.63, 3.8) is 0 Å². The summed E-state index contributed by atoms with van der Waals surface area (Å²) in [5.74, 6) is -0.460. The number of hydrogen-bond acceptors (Lipinski definition) is 5. The van der Waals surface area contributed by atoms with E-state index in [2.05, 4.69) is 15.2 Å². The average Bonchev–Trinajstić information content (AvgIpc) is 3.23. The van der Waals surface area contributed by atoms with Gasteiger partial charge in [-0.15, -0.1) is 11.3 Å². The van der Waals surface area contributed by atoms with Gasteiger partial charge in [-0.05, 0) is 31.5 Å². The molecule has 0 bridgehead atoms. The van der Waals surface area contributed by atoms with E-state index < -0.39 is 0 Å². The summed E-state index contributed by atoms with van der Waals surface area (Å²) in [6.45, 7) is 2.73. The summed E-state index contributed by atoms with van der Waals surface area (Å²) in [7, 11) is 1.35. The summed E-state index contributed by atoms with van der Waals surface area (Å²) in [6, 6.07) is 7.21. The second kappa shape index (κ2) is 8.94. The first kappa shape index (κ1) is 20.6. The normalized spacial score (nSPS) is 11.0. The number of carbonyl (C=O) groups is 2. The molecule has 0 unspecified atom stereocenters. The Hall–Kier alpha value is -2.09. The monoisotopic (exact) mass is 439 g/mol. The van der Waals surface area contributed by atoms with Crippen LogP contribution in [0.2, 0.25) is 10.0 Å². The minimum atomic E-state index is -0.287. The lowest BCUT2D eigenvalue weighted by molar-refractivity contribution is -0.140. The predicted molar refractivity (Wildman–Crippen MR) is 111 cm³/mol. The Balaban J connectivity index is 1.76. The molecule has 1 N–H and O–H groups in total. The lowest BCUT2D eigenvalue weighted by Crippen LogP contribution is -2.24. The molecule has 0 aliphatic rings. The third-order valence-electron chi connectivity index (χ3n) is 4.27. The number of nitrogens with one attached hydrogen (secondary N) is 1. The molecule has 3 rings (SSSR count). The van der Waals surface area contributed by atoms with Gasteiger partial charge in [-0.25, -0.2) is 4.68 Å². The van der Waals surface area contributed by atoms with Crippen LogP contribution in [0.5, 0.6) is 0 Å². The number of amides is 1. The van der Waals surface area contributed by atoms with Crippen LogP contribution in [0.1, 0.15) is 33.8 Å². The van der Waals surface area contributed by atoms with Crippen molar-refractivity contribution in [2.75, 3.05) is 13.7 Å². The third kappa shape index (κ3) is 4.48. The summed E-state index contributed by atoms with van der Waals surface area (Å²) >= 11 is 13.9. The summed E-state index contributed by atoms with van der Waals surface area (Å²) in [4.78, 5) is 25.0. The van der Waals surface area contributed by atoms with E-state index in [-0.39, 0.29) is 18.3 Å². The van der Waals surface area contributed by atoms with Gasteiger partial charge in [-0.3, -0.25) is 9.59 Å². The summed E-state index contributed by atoms with van der Waals surface area (Å²) in [6.07, 6.45) is 0.803. The molecule has 2 aromatic heterocycles. The average molecular weight is 440 g/mol. The number of benzene rings is 1. The molecule has 0 spiro atoms. The number of hydrogen-bond donors (Lipinski definition) is 1. The van der Waals surface area contributed by atoms with Crippen LogP contribution < -0.4 is 5.32 Å². The van der Waals surface area contributed by atoms with Crippen LogP contribution in [-0.2, 0) is 16.1 Å². The molecule has 1 aromatic carbocycles. The highest BCUT2D eigenvalue weighted by Crippen LogP contribution is 2.31. The minimum absolute atomic E-state index is 0.173. The maximum absolute atomic E-state index is 12.4. The number of halogens is 2. The molecule has 0 saturated heterocycles. The molecular weight excluding hydrogens is 421 g/mol. The number of aryl methyl sites for hydroxylation is 1. The van der Waals surface area contributed by atoms with E-state index >= 15 is 0 Å². The number of ether oxygens (including phenoxy) is 1. The maximum Gasteiger partial charge on any atom is 0.305 e. The van der Waals surface area contributed by atoms with Crippen LogP contribution in [0.3, 0.4) is 0 Å². The molecule has 28 heavy (non-hydrogen) atoms. The fourth-order valence-corrected chi connectivity index (χ4v) is 4.38. The largest absolute Gasteiger partial charge is 0.469 e. The van der Waals surface area contributed by atoms with Gasteiger partial charge in [-0.2, -0.15) is 5.10 Å². The zero-order chi connectivity index (χ0) is 20.3. The van der Waals surface area contributed by atoms with Gasteiger partial charge in [0.2, 0.25) is 0 Å². The summed E-state index contributed by atoms with van der Waals surface area (Å²) < 4.78 is 6.40. The van der Waals surface area contributed by atoms with Gasteiger partial charge in [0.1, 0.15) is 4.83 Å². The molecule has 9 heteroatoms. The quantitative estimate of drug-likeness (QED) is 0.436. The second-order valence-electron chi connectivity index (χ2n) is 6.21. The molecule has 3 aromatic rings. The molecule has 1 amide bonds. The second-order valence-corrected chi connectivity index (χ2v) is 8.05. The van der Waals surface area contributed by atoms with Crippen molar-refractivity contribution in [1.29, 1.82) is 0 Å². The molecule has 148 valence electrons. The van der Waals surface area contributed by atoms with Crippen molar-refractivity contribution in [2.45, 2.75) is 26.3 Å². The first-order valence-corrected chi connectivity index (χ1v) is 10.2. The van der Waals surface area contributed by atoms with Crippen molar-refractivity contribution in [2.24, 2.45) is 0 Å². The van der Waals surface area contributed by atoms with Crippen LogP contribution in [-0.4, -0.2) is 35.3 Å². The Morgan fingerprint density at radius 2 is 2.00 bits per heavy atom. The molecule has 0 fully saturated rings. The minimum Gasteiger partial charge on any atom is -0.469 e. The number of esters is 1. The highest BCUT2D eigenvalue weighted by atomic mass is 35.5. The molecule has 0 aliphatic heterocycles. The van der Waals surface area contributed by atoms with Crippen LogP contribution in [0.25, 0.3) is 10.2 Å². The number of thiophene rings is 1. The van der Waals surface area contributed by atoms with Crippen LogP contribution in [0.15, 0.2) is 24.3 Å². The zero-order valence-corrected chi connectivity index (χ0v) is 17.7. The van der Waals surface area contributed by atoms with Crippen molar-refractivity contribution in [3.8, 4) is 0 Å². The molecule has 0 atom stereocenters. The molecule has 6 nitrogen and oxygen atoms in total. The van der Waals surface area contributed by atoms with Gasteiger partial charge in [0, 0.05) is 34.0 Å². The first-order valence-electron chi connectivity index (χ1n) is 8.65. The van der Waals surface area contributed by atoms with Gasteiger partial charge in [0.25, 0.3) is 5.91 Å². The van der Waals surface area contributed by atoms with Gasteiger partial charge in [-0.1, -0.05) is 29.3 Å². The number of aromatic nitrogens is 2. The highest BCUT2D eigenvalue weighted by molar-refractivity contribution is 7.20. The van der Waals surface area contributed by atoms with Crippen molar-refractivity contribution in [3.05, 3.63) is 50.4 Å². The molecule has 0 aliphatic carbocycles. The Morgan fingerprint density at radius 3 is 2.68 bits per heavy atom. The zero-order valence-electron chi connectivity index (χ0n) is 15.4. The fourth-order valence-electron chi connectivity index (χ4n) is 2.79. The fraction of sp³-hybridized carbons (Fsp3) is 0.316. The Kier molecular flexibility index (Phi) is 6.59. The summed E-state index contributed by atoms with van der Waals surface area (Å²) in [5, 5.41) is 9.47. The van der Waals surface area contributed by atoms with Gasteiger partial charge >= 0.3 is 5.97 Å². The number of fused-ring (bicyclic) bond motifs is 1. The number of carbonyl (C=O) groups excluding carboxylic acids is 2. The number of rotatable bonds is 7. The Labute approximate surface area is 176 Å². The molecule has 0 saturated carbocycles. The summed E-state index contributed by atoms with van der Waals surface area (Å²) in [5.41, 5.74) is 1.62. The van der Waals surface area contributed by atoms with Gasteiger partial charge < -0.3 is 10.1 Å². The van der Waals surface area contributed by atoms with E-state index in [0.29, 0.717) is 34.4 Å². The maximum atomic E-state index is 12.4. The topological polar surface area (TPSA) is 73.2 Å². The molecule has 2 heterocycles. The number of nitrogens with zero attached hydrogens (tertiary/aromatic N) is 2. The van der Waals surface area contributed by atoms with Crippen LogP contribution in [0, 0.1) is 6.92 Å². The van der Waals surface area contributed by atoms with E-state index in [4.69, 9.17) is 23.2 Å². The highest BCUT2D eigenvalue weighted by Gasteiger charge is 2.17. The van der Waals surface area contributed by atoms with Crippen molar-refractivity contribution >= 4 is 56.6 Å². The van der Waals surface area contributed by atoms with E-state index in [1.807, 2.05) is 17.7 Å². The van der Waals surface area contributed by atoms with Crippen molar-refractivity contribution < 1.29 is 14.3 Å². The van der Waals surface area contributed by atoms with Crippen LogP contribution >= 0.6 is 34.5 Å². The Morgan fingerprint density at radius 1 is 1.29 bits per heavy atom. The lowest BCUT2D eigenvalue weighted by Gasteiger charge is -2.07. The van der Waals surface area contributed by atoms with Crippen LogP contribution in [0.4, 0.5) is 0 Å². The smallest absolute Gasteiger partial charge is 0.305 e. The predicted octanol–water partition coefficient (Wildman–Crippen LogP) is 4.44. The van der Waals surface area contributed by atoms with Gasteiger partial charge in [0.05, 0.1) is 24.2 Å².